The summed E-state index contributed by atoms with van der Waals surface area (Å²) in [7, 11) is 2.02. The Kier molecular flexibility index (Phi) is 2.95. The van der Waals surface area contributed by atoms with Gasteiger partial charge in [-0.25, -0.2) is 4.57 Å². The van der Waals surface area contributed by atoms with Crippen LogP contribution in [0.5, 0.6) is 0 Å². The lowest BCUT2D eigenvalue weighted by Gasteiger charge is -2.29. The standard InChI is InChI=1S/C13H19N2O/c1-10(2)13(16)15-7-5-11-4-6-14(3)8-12(11)9-15/h4,6,8,10H,5,7,9H2,1-3H3/q+1. The minimum Gasteiger partial charge on any atom is -0.338 e. The zero-order valence-corrected chi connectivity index (χ0v) is 10.2. The fourth-order valence-electron chi connectivity index (χ4n) is 2.17. The van der Waals surface area contributed by atoms with Gasteiger partial charge in [-0.3, -0.25) is 4.79 Å². The van der Waals surface area contributed by atoms with E-state index in [2.05, 4.69) is 18.5 Å². The van der Waals surface area contributed by atoms with E-state index >= 15 is 0 Å². The first-order valence-electron chi connectivity index (χ1n) is 5.83. The van der Waals surface area contributed by atoms with Gasteiger partial charge in [0.2, 0.25) is 5.91 Å². The highest BCUT2D eigenvalue weighted by Gasteiger charge is 2.23. The zero-order valence-electron chi connectivity index (χ0n) is 10.2. The second-order valence-corrected chi connectivity index (χ2v) is 4.83. The minimum atomic E-state index is 0.0963. The van der Waals surface area contributed by atoms with Crippen molar-refractivity contribution in [3.8, 4) is 0 Å². The number of nitrogens with zero attached hydrogens (tertiary/aromatic N) is 2. The van der Waals surface area contributed by atoms with Gasteiger partial charge in [0.25, 0.3) is 0 Å². The fourth-order valence-corrected chi connectivity index (χ4v) is 2.17. The predicted octanol–water partition coefficient (Wildman–Crippen LogP) is 1.05. The summed E-state index contributed by atoms with van der Waals surface area (Å²) in [6, 6.07) is 2.16. The first kappa shape index (κ1) is 11.1. The maximum atomic E-state index is 11.9. The summed E-state index contributed by atoms with van der Waals surface area (Å²) < 4.78 is 2.04. The Morgan fingerprint density at radius 1 is 1.44 bits per heavy atom. The maximum Gasteiger partial charge on any atom is 0.225 e. The van der Waals surface area contributed by atoms with E-state index in [1.165, 1.54) is 11.1 Å². The van der Waals surface area contributed by atoms with Crippen molar-refractivity contribution in [1.82, 2.24) is 4.90 Å². The van der Waals surface area contributed by atoms with Gasteiger partial charge in [-0.1, -0.05) is 13.8 Å². The van der Waals surface area contributed by atoms with Gasteiger partial charge in [-0.15, -0.1) is 0 Å². The molecule has 0 N–H and O–H groups in total. The van der Waals surface area contributed by atoms with E-state index in [-0.39, 0.29) is 11.8 Å². The Hall–Kier alpha value is -1.38. The number of aromatic nitrogens is 1. The van der Waals surface area contributed by atoms with Crippen LogP contribution in [0.1, 0.15) is 25.0 Å². The van der Waals surface area contributed by atoms with Crippen molar-refractivity contribution < 1.29 is 9.36 Å². The number of aryl methyl sites for hydroxylation is 1. The molecule has 3 heteroatoms. The van der Waals surface area contributed by atoms with Crippen molar-refractivity contribution in [2.75, 3.05) is 6.54 Å². The molecule has 0 aromatic carbocycles. The number of fused-ring (bicyclic) bond motifs is 1. The molecule has 0 spiro atoms. The molecule has 0 radical (unpaired) electrons. The molecule has 0 saturated heterocycles. The van der Waals surface area contributed by atoms with Crippen LogP contribution in [-0.4, -0.2) is 17.4 Å². The van der Waals surface area contributed by atoms with Crippen molar-refractivity contribution in [2.24, 2.45) is 13.0 Å². The molecule has 0 atom stereocenters. The van der Waals surface area contributed by atoms with Gasteiger partial charge in [-0.2, -0.15) is 0 Å². The molecule has 86 valence electrons. The third-order valence-corrected chi connectivity index (χ3v) is 3.10. The Balaban J connectivity index is 2.20. The number of rotatable bonds is 1. The summed E-state index contributed by atoms with van der Waals surface area (Å²) in [6.07, 6.45) is 5.17. The topological polar surface area (TPSA) is 24.2 Å². The molecule has 1 aromatic rings. The molecule has 1 aliphatic rings. The molecular formula is C13H19N2O+. The number of pyridine rings is 1. The summed E-state index contributed by atoms with van der Waals surface area (Å²) >= 11 is 0. The molecule has 3 nitrogen and oxygen atoms in total. The third-order valence-electron chi connectivity index (χ3n) is 3.10. The Bertz CT molecular complexity index is 412. The molecule has 1 aromatic heterocycles. The summed E-state index contributed by atoms with van der Waals surface area (Å²) in [5.74, 6) is 0.358. The summed E-state index contributed by atoms with van der Waals surface area (Å²) in [5, 5.41) is 0. The zero-order chi connectivity index (χ0) is 11.7. The number of carbonyl (C=O) groups is 1. The van der Waals surface area contributed by atoms with Crippen molar-refractivity contribution in [3.63, 3.8) is 0 Å². The molecule has 2 rings (SSSR count). The lowest BCUT2D eigenvalue weighted by Crippen LogP contribution is -2.40. The van der Waals surface area contributed by atoms with Crippen molar-refractivity contribution in [2.45, 2.75) is 26.8 Å². The molecule has 0 saturated carbocycles. The lowest BCUT2D eigenvalue weighted by atomic mass is 10.0. The van der Waals surface area contributed by atoms with Gasteiger partial charge in [0.05, 0.1) is 6.54 Å². The highest BCUT2D eigenvalue weighted by atomic mass is 16.2. The van der Waals surface area contributed by atoms with E-state index in [4.69, 9.17) is 0 Å². The second kappa shape index (κ2) is 4.24. The maximum absolute atomic E-state index is 11.9. The summed E-state index contributed by atoms with van der Waals surface area (Å²) in [5.41, 5.74) is 2.66. The average molecular weight is 219 g/mol. The molecule has 0 fully saturated rings. The van der Waals surface area contributed by atoms with E-state index in [0.717, 1.165) is 19.5 Å². The van der Waals surface area contributed by atoms with Crippen LogP contribution in [-0.2, 0) is 24.8 Å². The Labute approximate surface area is 96.7 Å². The van der Waals surface area contributed by atoms with E-state index in [1.807, 2.05) is 30.4 Å². The minimum absolute atomic E-state index is 0.0963. The van der Waals surface area contributed by atoms with Crippen LogP contribution in [0.25, 0.3) is 0 Å². The predicted molar refractivity (Wildman–Crippen MR) is 61.6 cm³/mol. The van der Waals surface area contributed by atoms with E-state index < -0.39 is 0 Å². The SMILES string of the molecule is CC(C)C(=O)N1CCc2cc[n+](C)cc2C1. The molecule has 1 amide bonds. The number of amides is 1. The highest BCUT2D eigenvalue weighted by molar-refractivity contribution is 5.78. The average Bonchev–Trinajstić information content (AvgIpc) is 2.26. The summed E-state index contributed by atoms with van der Waals surface area (Å²) in [4.78, 5) is 13.9. The second-order valence-electron chi connectivity index (χ2n) is 4.83. The van der Waals surface area contributed by atoms with Gasteiger partial charge in [-0.05, 0) is 12.0 Å². The van der Waals surface area contributed by atoms with Crippen LogP contribution < -0.4 is 4.57 Å². The van der Waals surface area contributed by atoms with E-state index in [1.54, 1.807) is 0 Å². The summed E-state index contributed by atoms with van der Waals surface area (Å²) in [6.45, 7) is 5.55. The van der Waals surface area contributed by atoms with Crippen LogP contribution >= 0.6 is 0 Å². The van der Waals surface area contributed by atoms with Crippen molar-refractivity contribution in [3.05, 3.63) is 29.6 Å². The molecular weight excluding hydrogens is 200 g/mol. The van der Waals surface area contributed by atoms with E-state index in [0.29, 0.717) is 0 Å². The smallest absolute Gasteiger partial charge is 0.225 e. The lowest BCUT2D eigenvalue weighted by molar-refractivity contribution is -0.672. The normalized spacial score (nSPS) is 15.1. The third kappa shape index (κ3) is 2.08. The first-order valence-corrected chi connectivity index (χ1v) is 5.83. The van der Waals surface area contributed by atoms with Gasteiger partial charge in [0.1, 0.15) is 7.05 Å². The van der Waals surface area contributed by atoms with Crippen LogP contribution in [0.3, 0.4) is 0 Å². The number of hydrogen-bond donors (Lipinski definition) is 0. The van der Waals surface area contributed by atoms with Gasteiger partial charge in [0, 0.05) is 24.1 Å². The number of carbonyl (C=O) groups excluding carboxylic acids is 1. The quantitative estimate of drug-likeness (QED) is 0.648. The molecule has 16 heavy (non-hydrogen) atoms. The monoisotopic (exact) mass is 219 g/mol. The van der Waals surface area contributed by atoms with Crippen LogP contribution in [0.4, 0.5) is 0 Å². The van der Waals surface area contributed by atoms with Gasteiger partial charge in [0.15, 0.2) is 12.4 Å². The largest absolute Gasteiger partial charge is 0.338 e. The van der Waals surface area contributed by atoms with Crippen LogP contribution in [0, 0.1) is 5.92 Å². The first-order chi connectivity index (χ1) is 7.58. The molecule has 2 heterocycles. The van der Waals surface area contributed by atoms with Crippen LogP contribution in [0.15, 0.2) is 18.5 Å². The number of hydrogen-bond acceptors (Lipinski definition) is 1. The van der Waals surface area contributed by atoms with E-state index in [9.17, 15) is 4.79 Å². The molecule has 0 bridgehead atoms. The molecule has 0 aliphatic carbocycles. The molecule has 0 unspecified atom stereocenters. The fraction of sp³-hybridized carbons (Fsp3) is 0.538. The van der Waals surface area contributed by atoms with Crippen molar-refractivity contribution in [1.29, 1.82) is 0 Å². The van der Waals surface area contributed by atoms with Crippen molar-refractivity contribution >= 4 is 5.91 Å². The Morgan fingerprint density at radius 3 is 2.88 bits per heavy atom. The van der Waals surface area contributed by atoms with Gasteiger partial charge >= 0.3 is 0 Å². The van der Waals surface area contributed by atoms with Crippen LogP contribution in [0.2, 0.25) is 0 Å². The van der Waals surface area contributed by atoms with Gasteiger partial charge < -0.3 is 4.90 Å². The molecule has 1 aliphatic heterocycles. The highest BCUT2D eigenvalue weighted by Crippen LogP contribution is 2.18. The Morgan fingerprint density at radius 2 is 2.19 bits per heavy atom.